The number of carbonyl (C=O) groups is 2. The summed E-state index contributed by atoms with van der Waals surface area (Å²) in [6.07, 6.45) is 1.98. The van der Waals surface area contributed by atoms with Crippen LogP contribution in [0.5, 0.6) is 0 Å². The molecule has 0 bridgehead atoms. The predicted octanol–water partition coefficient (Wildman–Crippen LogP) is -0.488. The van der Waals surface area contributed by atoms with Gasteiger partial charge in [-0.3, -0.25) is 9.59 Å². The van der Waals surface area contributed by atoms with Crippen molar-refractivity contribution in [2.24, 2.45) is 0 Å². The van der Waals surface area contributed by atoms with E-state index >= 15 is 0 Å². The second kappa shape index (κ2) is 4.18. The van der Waals surface area contributed by atoms with Gasteiger partial charge >= 0.3 is 0 Å². The lowest BCUT2D eigenvalue weighted by Crippen LogP contribution is -2.47. The highest BCUT2D eigenvalue weighted by molar-refractivity contribution is 5.90. The average molecular weight is 212 g/mol. The Labute approximate surface area is 88.8 Å². The molecule has 2 heterocycles. The molecule has 0 aromatic carbocycles. The Morgan fingerprint density at radius 2 is 2.33 bits per heavy atom. The van der Waals surface area contributed by atoms with Gasteiger partial charge in [-0.15, -0.1) is 0 Å². The van der Waals surface area contributed by atoms with Gasteiger partial charge in [-0.25, -0.2) is 0 Å². The molecule has 0 aromatic heterocycles. The van der Waals surface area contributed by atoms with Crippen LogP contribution >= 0.6 is 0 Å². The zero-order chi connectivity index (χ0) is 10.8. The molecule has 0 spiro atoms. The van der Waals surface area contributed by atoms with Gasteiger partial charge in [0.25, 0.3) is 0 Å². The van der Waals surface area contributed by atoms with Crippen LogP contribution in [0.15, 0.2) is 0 Å². The highest BCUT2D eigenvalue weighted by Crippen LogP contribution is 2.15. The first kappa shape index (κ1) is 10.4. The van der Waals surface area contributed by atoms with E-state index in [1.807, 2.05) is 0 Å². The van der Waals surface area contributed by atoms with Gasteiger partial charge in [0, 0.05) is 20.1 Å². The molecule has 2 aliphatic heterocycles. The first-order valence-corrected chi connectivity index (χ1v) is 5.32. The monoisotopic (exact) mass is 212 g/mol. The smallest absolute Gasteiger partial charge is 0.245 e. The van der Waals surface area contributed by atoms with Crippen LogP contribution in [0.25, 0.3) is 0 Å². The Hall–Kier alpha value is -1.10. The molecule has 2 fully saturated rings. The summed E-state index contributed by atoms with van der Waals surface area (Å²) in [7, 11) is 1.78. The quantitative estimate of drug-likeness (QED) is 0.672. The van der Waals surface area contributed by atoms with Crippen molar-refractivity contribution in [2.45, 2.75) is 31.3 Å². The number of carbonyl (C=O) groups excluding carboxylic acids is 2. The number of hydrogen-bond acceptors (Lipinski definition) is 3. The van der Waals surface area contributed by atoms with Crippen molar-refractivity contribution in [3.8, 4) is 0 Å². The molecule has 0 aliphatic carbocycles. The Balaban J connectivity index is 1.91. The van der Waals surface area contributed by atoms with E-state index in [1.165, 1.54) is 0 Å². The zero-order valence-corrected chi connectivity index (χ0v) is 8.86. The lowest BCUT2D eigenvalue weighted by molar-refractivity contribution is -0.135. The molecule has 0 aromatic rings. The summed E-state index contributed by atoms with van der Waals surface area (Å²) in [6.45, 7) is 1.34. The van der Waals surface area contributed by atoms with Crippen molar-refractivity contribution in [3.63, 3.8) is 0 Å². The molecule has 5 nitrogen and oxygen atoms in total. The first-order valence-electron chi connectivity index (χ1n) is 5.32. The second-order valence-electron chi connectivity index (χ2n) is 4.13. The fraction of sp³-hybridized carbons (Fsp3) is 0.800. The lowest BCUT2D eigenvalue weighted by atomic mass is 10.1. The molecular weight excluding hydrogens is 196 g/mol. The molecule has 2 amide bonds. The maximum atomic E-state index is 11.9. The number of nitrogens with zero attached hydrogens (tertiary/aromatic N) is 1. The van der Waals surface area contributed by atoms with E-state index in [-0.39, 0.29) is 23.9 Å². The summed E-state index contributed by atoms with van der Waals surface area (Å²) in [4.78, 5) is 24.6. The first-order chi connectivity index (χ1) is 7.18. The minimum Gasteiger partial charge on any atom is -0.379 e. The fourth-order valence-electron chi connectivity index (χ4n) is 2.05. The van der Waals surface area contributed by atoms with Gasteiger partial charge < -0.3 is 15.0 Å². The highest BCUT2D eigenvalue weighted by Gasteiger charge is 2.33. The molecule has 15 heavy (non-hydrogen) atoms. The van der Waals surface area contributed by atoms with Crippen LogP contribution in [-0.2, 0) is 14.3 Å². The molecule has 2 rings (SSSR count). The van der Waals surface area contributed by atoms with Crippen LogP contribution in [0.1, 0.15) is 19.3 Å². The van der Waals surface area contributed by atoms with Crippen LogP contribution in [-0.4, -0.2) is 49.1 Å². The molecule has 5 heteroatoms. The van der Waals surface area contributed by atoms with Crippen molar-refractivity contribution in [1.29, 1.82) is 0 Å². The normalized spacial score (nSPS) is 30.3. The lowest BCUT2D eigenvalue weighted by Gasteiger charge is -2.25. The summed E-state index contributed by atoms with van der Waals surface area (Å²) in [6, 6.07) is -0.141. The standard InChI is InChI=1S/C10H16N2O3/c1-12(7-4-5-15-6-7)10(14)8-2-3-9(13)11-8/h7-8H,2-6H2,1H3,(H,11,13)/t7?,8-/m1/s1. The zero-order valence-electron chi connectivity index (χ0n) is 8.86. The Morgan fingerprint density at radius 3 is 2.87 bits per heavy atom. The predicted molar refractivity (Wildman–Crippen MR) is 53.2 cm³/mol. The summed E-state index contributed by atoms with van der Waals surface area (Å²) in [5.41, 5.74) is 0. The topological polar surface area (TPSA) is 58.6 Å². The van der Waals surface area contributed by atoms with Crippen LogP contribution < -0.4 is 5.32 Å². The number of rotatable bonds is 2. The maximum absolute atomic E-state index is 11.9. The third-order valence-electron chi connectivity index (χ3n) is 3.09. The molecule has 84 valence electrons. The van der Waals surface area contributed by atoms with Gasteiger partial charge in [0.2, 0.25) is 11.8 Å². The van der Waals surface area contributed by atoms with Crippen molar-refractivity contribution in [3.05, 3.63) is 0 Å². The number of nitrogens with one attached hydrogen (secondary N) is 1. The third kappa shape index (κ3) is 2.12. The van der Waals surface area contributed by atoms with Crippen molar-refractivity contribution in [2.75, 3.05) is 20.3 Å². The van der Waals surface area contributed by atoms with Crippen molar-refractivity contribution < 1.29 is 14.3 Å². The Kier molecular flexibility index (Phi) is 2.90. The Morgan fingerprint density at radius 1 is 1.53 bits per heavy atom. The van der Waals surface area contributed by atoms with E-state index in [9.17, 15) is 9.59 Å². The van der Waals surface area contributed by atoms with Gasteiger partial charge in [-0.2, -0.15) is 0 Å². The fourth-order valence-corrected chi connectivity index (χ4v) is 2.05. The van der Waals surface area contributed by atoms with E-state index in [1.54, 1.807) is 11.9 Å². The summed E-state index contributed by atoms with van der Waals surface area (Å²) in [5.74, 6) is -0.0132. The molecular formula is C10H16N2O3. The van der Waals surface area contributed by atoms with Gasteiger partial charge in [0.15, 0.2) is 0 Å². The maximum Gasteiger partial charge on any atom is 0.245 e. The molecule has 0 saturated carbocycles. The van der Waals surface area contributed by atoms with E-state index in [0.717, 1.165) is 13.0 Å². The number of likely N-dealkylation sites (N-methyl/N-ethyl adjacent to an activating group) is 1. The molecule has 2 saturated heterocycles. The highest BCUT2D eigenvalue weighted by atomic mass is 16.5. The van der Waals surface area contributed by atoms with Crippen LogP contribution in [0.2, 0.25) is 0 Å². The van der Waals surface area contributed by atoms with Crippen molar-refractivity contribution >= 4 is 11.8 Å². The van der Waals surface area contributed by atoms with E-state index in [4.69, 9.17) is 4.74 Å². The van der Waals surface area contributed by atoms with Crippen LogP contribution in [0, 0.1) is 0 Å². The number of ether oxygens (including phenoxy) is 1. The molecule has 2 atom stereocenters. The van der Waals surface area contributed by atoms with Crippen LogP contribution in [0.3, 0.4) is 0 Å². The van der Waals surface area contributed by atoms with Gasteiger partial charge in [0.05, 0.1) is 12.6 Å². The molecule has 0 radical (unpaired) electrons. The molecule has 2 aliphatic rings. The largest absolute Gasteiger partial charge is 0.379 e. The summed E-state index contributed by atoms with van der Waals surface area (Å²) >= 11 is 0. The molecule has 1 unspecified atom stereocenters. The number of hydrogen-bond donors (Lipinski definition) is 1. The minimum absolute atomic E-state index is 0.0105. The number of amides is 2. The van der Waals surface area contributed by atoms with Gasteiger partial charge in [0.1, 0.15) is 6.04 Å². The van der Waals surface area contributed by atoms with Crippen molar-refractivity contribution in [1.82, 2.24) is 10.2 Å². The Bertz CT molecular complexity index is 274. The second-order valence-corrected chi connectivity index (χ2v) is 4.13. The van der Waals surface area contributed by atoms with Gasteiger partial charge in [-0.05, 0) is 12.8 Å². The van der Waals surface area contributed by atoms with Crippen LogP contribution in [0.4, 0.5) is 0 Å². The average Bonchev–Trinajstić information content (AvgIpc) is 2.85. The SMILES string of the molecule is CN(C(=O)[C@H]1CCC(=O)N1)C1CCOC1. The van der Waals surface area contributed by atoms with E-state index in [2.05, 4.69) is 5.32 Å². The van der Waals surface area contributed by atoms with E-state index in [0.29, 0.717) is 19.4 Å². The van der Waals surface area contributed by atoms with E-state index < -0.39 is 0 Å². The molecule has 1 N–H and O–H groups in total. The minimum atomic E-state index is -0.317. The van der Waals surface area contributed by atoms with Gasteiger partial charge in [-0.1, -0.05) is 0 Å². The summed E-state index contributed by atoms with van der Waals surface area (Å²) < 4.78 is 5.23. The summed E-state index contributed by atoms with van der Waals surface area (Å²) in [5, 5.41) is 2.69. The third-order valence-corrected chi connectivity index (χ3v) is 3.09.